The van der Waals surface area contributed by atoms with Gasteiger partial charge in [-0.05, 0) is 46.8 Å². The fraction of sp³-hybridized carbons (Fsp3) is 0.0204. The second kappa shape index (κ2) is 13.4. The third-order valence-corrected chi connectivity index (χ3v) is 10.1. The molecule has 1 N–H and O–H groups in total. The monoisotopic (exact) mass is 694 g/mol. The Balaban J connectivity index is 1.16. The Morgan fingerprint density at radius 3 is 1.69 bits per heavy atom. The van der Waals surface area contributed by atoms with E-state index in [9.17, 15) is 0 Å². The largest absolute Gasteiger partial charge is 0.456 e. The SMILES string of the molecule is c1ccc(C2=NC(c3ccc(-c4ccccc4)cc3)=NC(c3cccc4oc5cc(N(c6ccccc6)c6ccccc6)c6ccccc6c5c34)N2)cc1. The van der Waals surface area contributed by atoms with Crippen LogP contribution in [-0.4, -0.2) is 11.7 Å². The van der Waals surface area contributed by atoms with E-state index >= 15 is 0 Å². The number of para-hydroxylation sites is 2. The first-order chi connectivity index (χ1) is 26.8. The summed E-state index contributed by atoms with van der Waals surface area (Å²) in [6.45, 7) is 0. The molecule has 1 unspecified atom stereocenters. The highest BCUT2D eigenvalue weighted by molar-refractivity contribution is 6.23. The Hall–Kier alpha value is -7.24. The number of amidine groups is 2. The standard InChI is InChI=1S/C49H34N4O/c1-5-16-33(17-6-1)34-28-30-36(31-29-34)48-50-47(35-18-7-2-8-19-35)51-49(52-48)41-26-15-27-43-46(41)45-40-25-14-13-24-39(40)42(32-44(45)54-43)53(37-20-9-3-10-21-37)38-22-11-4-12-23-38/h1-32,49H,(H,50,51,52). The number of fused-ring (bicyclic) bond motifs is 5. The van der Waals surface area contributed by atoms with Gasteiger partial charge in [-0.2, -0.15) is 0 Å². The van der Waals surface area contributed by atoms with E-state index in [1.807, 2.05) is 24.3 Å². The lowest BCUT2D eigenvalue weighted by Gasteiger charge is -2.27. The molecule has 54 heavy (non-hydrogen) atoms. The molecule has 2 heterocycles. The average Bonchev–Trinajstić information content (AvgIpc) is 3.64. The van der Waals surface area contributed by atoms with Crippen LogP contribution in [0.15, 0.2) is 209 Å². The van der Waals surface area contributed by atoms with E-state index in [0.717, 1.165) is 77.9 Å². The van der Waals surface area contributed by atoms with Crippen LogP contribution >= 0.6 is 0 Å². The second-order valence-electron chi connectivity index (χ2n) is 13.4. The molecule has 1 atom stereocenters. The maximum Gasteiger partial charge on any atom is 0.159 e. The zero-order valence-corrected chi connectivity index (χ0v) is 29.3. The molecule has 5 nitrogen and oxygen atoms in total. The normalized spacial score (nSPS) is 14.1. The van der Waals surface area contributed by atoms with E-state index in [-0.39, 0.29) is 0 Å². The molecule has 0 saturated carbocycles. The number of nitrogens with zero attached hydrogens (tertiary/aromatic N) is 3. The number of hydrogen-bond donors (Lipinski definition) is 1. The predicted molar refractivity (Wildman–Crippen MR) is 223 cm³/mol. The van der Waals surface area contributed by atoms with Crippen molar-refractivity contribution >= 4 is 61.4 Å². The highest BCUT2D eigenvalue weighted by atomic mass is 16.3. The second-order valence-corrected chi connectivity index (χ2v) is 13.4. The van der Waals surface area contributed by atoms with Gasteiger partial charge in [0.25, 0.3) is 0 Å². The van der Waals surface area contributed by atoms with Crippen LogP contribution in [0.3, 0.4) is 0 Å². The van der Waals surface area contributed by atoms with E-state index in [1.165, 1.54) is 5.56 Å². The number of rotatable bonds is 7. The minimum absolute atomic E-state index is 0.422. The third-order valence-electron chi connectivity index (χ3n) is 10.1. The fourth-order valence-electron chi connectivity index (χ4n) is 7.61. The van der Waals surface area contributed by atoms with Crippen LogP contribution in [0.5, 0.6) is 0 Å². The van der Waals surface area contributed by atoms with Crippen LogP contribution in [0.25, 0.3) is 43.8 Å². The van der Waals surface area contributed by atoms with Gasteiger partial charge in [0.2, 0.25) is 0 Å². The molecule has 0 saturated heterocycles. The van der Waals surface area contributed by atoms with Crippen molar-refractivity contribution in [2.24, 2.45) is 9.98 Å². The lowest BCUT2D eigenvalue weighted by molar-refractivity contribution is 0.662. The van der Waals surface area contributed by atoms with Crippen LogP contribution in [0.4, 0.5) is 17.1 Å². The Bertz CT molecular complexity index is 2790. The molecule has 0 bridgehead atoms. The first kappa shape index (κ1) is 31.5. The zero-order chi connectivity index (χ0) is 35.8. The van der Waals surface area contributed by atoms with Crippen molar-refractivity contribution < 1.29 is 4.42 Å². The van der Waals surface area contributed by atoms with E-state index in [2.05, 4.69) is 180 Å². The molecule has 256 valence electrons. The molecule has 0 spiro atoms. The van der Waals surface area contributed by atoms with Gasteiger partial charge in [-0.25, -0.2) is 9.98 Å². The summed E-state index contributed by atoms with van der Waals surface area (Å²) in [6.07, 6.45) is -0.422. The van der Waals surface area contributed by atoms with Crippen molar-refractivity contribution in [2.45, 2.75) is 6.17 Å². The Labute approximate surface area is 313 Å². The summed E-state index contributed by atoms with van der Waals surface area (Å²) in [5.74, 6) is 1.45. The maximum absolute atomic E-state index is 6.80. The third kappa shape index (κ3) is 5.60. The molecular weight excluding hydrogens is 661 g/mol. The van der Waals surface area contributed by atoms with Gasteiger partial charge < -0.3 is 14.6 Å². The molecule has 1 aliphatic heterocycles. The molecular formula is C49H34N4O. The number of aliphatic imine (C=N–C) groups is 2. The molecule has 0 fully saturated rings. The number of benzene rings is 8. The van der Waals surface area contributed by atoms with Crippen molar-refractivity contribution in [3.8, 4) is 11.1 Å². The Kier molecular flexibility index (Phi) is 7.81. The lowest BCUT2D eigenvalue weighted by Crippen LogP contribution is -2.33. The van der Waals surface area contributed by atoms with Gasteiger partial charge in [0, 0.05) is 50.3 Å². The van der Waals surface area contributed by atoms with Crippen LogP contribution in [0, 0.1) is 0 Å². The minimum atomic E-state index is -0.422. The molecule has 10 rings (SSSR count). The van der Waals surface area contributed by atoms with Crippen LogP contribution in [0.2, 0.25) is 0 Å². The summed E-state index contributed by atoms with van der Waals surface area (Å²) in [5, 5.41) is 8.04. The summed E-state index contributed by atoms with van der Waals surface area (Å²) < 4.78 is 6.80. The predicted octanol–water partition coefficient (Wildman–Crippen LogP) is 12.4. The molecule has 8 aromatic carbocycles. The van der Waals surface area contributed by atoms with Gasteiger partial charge in [0.1, 0.15) is 23.2 Å². The number of anilines is 3. The number of furan rings is 1. The Morgan fingerprint density at radius 2 is 1.02 bits per heavy atom. The van der Waals surface area contributed by atoms with Crippen molar-refractivity contribution in [3.63, 3.8) is 0 Å². The number of hydrogen-bond acceptors (Lipinski definition) is 5. The Morgan fingerprint density at radius 1 is 0.463 bits per heavy atom. The molecule has 0 amide bonds. The van der Waals surface area contributed by atoms with E-state index < -0.39 is 6.17 Å². The van der Waals surface area contributed by atoms with Crippen LogP contribution in [0.1, 0.15) is 22.9 Å². The van der Waals surface area contributed by atoms with Gasteiger partial charge in [0.15, 0.2) is 5.84 Å². The molecule has 0 radical (unpaired) electrons. The summed E-state index contributed by atoms with van der Waals surface area (Å²) in [7, 11) is 0. The maximum atomic E-state index is 6.80. The minimum Gasteiger partial charge on any atom is -0.456 e. The van der Waals surface area contributed by atoms with Gasteiger partial charge in [-0.1, -0.05) is 158 Å². The topological polar surface area (TPSA) is 53.1 Å². The van der Waals surface area contributed by atoms with Gasteiger partial charge in [0.05, 0.1) is 5.69 Å². The van der Waals surface area contributed by atoms with Gasteiger partial charge in [-0.15, -0.1) is 0 Å². The van der Waals surface area contributed by atoms with Crippen LogP contribution in [-0.2, 0) is 0 Å². The van der Waals surface area contributed by atoms with Crippen molar-refractivity contribution in [2.75, 3.05) is 4.90 Å². The van der Waals surface area contributed by atoms with Gasteiger partial charge >= 0.3 is 0 Å². The quantitative estimate of drug-likeness (QED) is 0.181. The zero-order valence-electron chi connectivity index (χ0n) is 29.3. The van der Waals surface area contributed by atoms with E-state index in [0.29, 0.717) is 5.84 Å². The smallest absolute Gasteiger partial charge is 0.159 e. The summed E-state index contributed by atoms with van der Waals surface area (Å²) in [4.78, 5) is 12.7. The number of nitrogens with one attached hydrogen (secondary N) is 1. The molecule has 0 aliphatic carbocycles. The molecule has 5 heteroatoms. The van der Waals surface area contributed by atoms with Crippen molar-refractivity contribution in [1.82, 2.24) is 5.32 Å². The lowest BCUT2D eigenvalue weighted by atomic mass is 9.97. The fourth-order valence-corrected chi connectivity index (χ4v) is 7.61. The molecule has 1 aromatic heterocycles. The summed E-state index contributed by atoms with van der Waals surface area (Å²) in [5.41, 5.74) is 10.1. The van der Waals surface area contributed by atoms with Crippen molar-refractivity contribution in [1.29, 1.82) is 0 Å². The summed E-state index contributed by atoms with van der Waals surface area (Å²) >= 11 is 0. The van der Waals surface area contributed by atoms with Crippen LogP contribution < -0.4 is 10.2 Å². The average molecular weight is 695 g/mol. The molecule has 9 aromatic rings. The van der Waals surface area contributed by atoms with Gasteiger partial charge in [-0.3, -0.25) is 0 Å². The molecule has 1 aliphatic rings. The summed E-state index contributed by atoms with van der Waals surface area (Å²) in [6, 6.07) is 67.3. The first-order valence-corrected chi connectivity index (χ1v) is 18.2. The van der Waals surface area contributed by atoms with E-state index in [4.69, 9.17) is 14.4 Å². The van der Waals surface area contributed by atoms with Crippen molar-refractivity contribution in [3.05, 3.63) is 211 Å². The first-order valence-electron chi connectivity index (χ1n) is 18.2. The van der Waals surface area contributed by atoms with E-state index in [1.54, 1.807) is 0 Å². The highest BCUT2D eigenvalue weighted by Gasteiger charge is 2.26. The highest BCUT2D eigenvalue weighted by Crippen LogP contribution is 2.46.